The number of hydrogen-bond donors (Lipinski definition) is 1. The highest BCUT2D eigenvalue weighted by atomic mass is 19.1. The highest BCUT2D eigenvalue weighted by molar-refractivity contribution is 5.64. The monoisotopic (exact) mass is 380 g/mol. The van der Waals surface area contributed by atoms with Gasteiger partial charge < -0.3 is 14.9 Å². The summed E-state index contributed by atoms with van der Waals surface area (Å²) in [5.41, 5.74) is 6.62. The van der Waals surface area contributed by atoms with Gasteiger partial charge in [0.2, 0.25) is 0 Å². The van der Waals surface area contributed by atoms with Crippen LogP contribution in [-0.2, 0) is 19.3 Å². The van der Waals surface area contributed by atoms with Gasteiger partial charge in [0.15, 0.2) is 0 Å². The molecule has 0 amide bonds. The van der Waals surface area contributed by atoms with Crippen molar-refractivity contribution in [2.24, 2.45) is 0 Å². The van der Waals surface area contributed by atoms with E-state index < -0.39 is 0 Å². The molecule has 5 rings (SSSR count). The number of piperidine rings is 1. The van der Waals surface area contributed by atoms with Crippen LogP contribution in [0.15, 0.2) is 36.4 Å². The zero-order chi connectivity index (χ0) is 19.1. The standard InChI is InChI=1S/C24H29FN2O/c25-19-5-1-17(2-6-19)9-13-26-14-10-20(11-15-26)27-16-12-21-22(27)7-3-18-4-8-23(28)24(18)21/h1-3,5-7,20,23,28H,4,8-16H2. The Morgan fingerprint density at radius 1 is 0.929 bits per heavy atom. The smallest absolute Gasteiger partial charge is 0.123 e. The van der Waals surface area contributed by atoms with Crippen molar-refractivity contribution in [3.63, 3.8) is 0 Å². The van der Waals surface area contributed by atoms with Gasteiger partial charge in [-0.15, -0.1) is 0 Å². The molecule has 0 saturated carbocycles. The second kappa shape index (κ2) is 7.49. The van der Waals surface area contributed by atoms with Crippen LogP contribution in [0.25, 0.3) is 0 Å². The van der Waals surface area contributed by atoms with Crippen LogP contribution in [0.1, 0.15) is 47.6 Å². The maximum Gasteiger partial charge on any atom is 0.123 e. The average molecular weight is 381 g/mol. The second-order valence-electron chi connectivity index (χ2n) is 8.58. The third-order valence-electron chi connectivity index (χ3n) is 6.98. The van der Waals surface area contributed by atoms with Crippen molar-refractivity contribution in [3.05, 3.63) is 64.5 Å². The van der Waals surface area contributed by atoms with Crippen molar-refractivity contribution < 1.29 is 9.50 Å². The molecule has 0 spiro atoms. The Hall–Kier alpha value is -1.91. The fourth-order valence-electron chi connectivity index (χ4n) is 5.43. The number of rotatable bonds is 4. The Balaban J connectivity index is 1.19. The number of fused-ring (bicyclic) bond motifs is 3. The summed E-state index contributed by atoms with van der Waals surface area (Å²) in [4.78, 5) is 5.15. The number of benzene rings is 2. The molecule has 2 heterocycles. The molecule has 148 valence electrons. The molecular formula is C24H29FN2O. The summed E-state index contributed by atoms with van der Waals surface area (Å²) in [5.74, 6) is -0.159. The molecule has 0 aromatic heterocycles. The summed E-state index contributed by atoms with van der Waals surface area (Å²) >= 11 is 0. The summed E-state index contributed by atoms with van der Waals surface area (Å²) in [6.07, 6.45) is 6.12. The van der Waals surface area contributed by atoms with Gasteiger partial charge in [-0.05, 0) is 79.0 Å². The molecule has 3 aliphatic rings. The van der Waals surface area contributed by atoms with Gasteiger partial charge >= 0.3 is 0 Å². The van der Waals surface area contributed by atoms with E-state index >= 15 is 0 Å². The third kappa shape index (κ3) is 3.33. The minimum absolute atomic E-state index is 0.159. The van der Waals surface area contributed by atoms with E-state index in [1.807, 2.05) is 12.1 Å². The maximum absolute atomic E-state index is 13.0. The van der Waals surface area contributed by atoms with Gasteiger partial charge in [0.25, 0.3) is 0 Å². The van der Waals surface area contributed by atoms with Crippen LogP contribution in [0.3, 0.4) is 0 Å². The number of aliphatic hydroxyl groups excluding tert-OH is 1. The first-order valence-corrected chi connectivity index (χ1v) is 10.8. The summed E-state index contributed by atoms with van der Waals surface area (Å²) in [7, 11) is 0. The van der Waals surface area contributed by atoms with E-state index in [9.17, 15) is 9.50 Å². The number of aliphatic hydroxyl groups is 1. The third-order valence-corrected chi connectivity index (χ3v) is 6.98. The van der Waals surface area contributed by atoms with Gasteiger partial charge in [-0.2, -0.15) is 0 Å². The van der Waals surface area contributed by atoms with Crippen molar-refractivity contribution in [2.45, 2.75) is 50.7 Å². The van der Waals surface area contributed by atoms with Gasteiger partial charge in [-0.3, -0.25) is 0 Å². The number of aryl methyl sites for hydroxylation is 1. The predicted octanol–water partition coefficient (Wildman–Crippen LogP) is 3.87. The Labute approximate surface area is 166 Å². The molecule has 1 unspecified atom stereocenters. The topological polar surface area (TPSA) is 26.7 Å². The highest BCUT2D eigenvalue weighted by Gasteiger charge is 2.33. The zero-order valence-corrected chi connectivity index (χ0v) is 16.4. The number of halogens is 1. The molecule has 2 aromatic carbocycles. The molecule has 28 heavy (non-hydrogen) atoms. The lowest BCUT2D eigenvalue weighted by atomic mass is 9.99. The van der Waals surface area contributed by atoms with Crippen molar-refractivity contribution in [1.82, 2.24) is 4.90 Å². The molecule has 3 nitrogen and oxygen atoms in total. The molecule has 4 heteroatoms. The minimum Gasteiger partial charge on any atom is -0.388 e. The fraction of sp³-hybridized carbons (Fsp3) is 0.500. The number of hydrogen-bond acceptors (Lipinski definition) is 3. The van der Waals surface area contributed by atoms with Gasteiger partial charge in [0, 0.05) is 37.9 Å². The normalized spacial score (nSPS) is 22.5. The lowest BCUT2D eigenvalue weighted by Gasteiger charge is -2.38. The average Bonchev–Trinajstić information content (AvgIpc) is 3.31. The SMILES string of the molecule is OC1CCc2ccc3c(c21)CCN3C1CCN(CCc2ccc(F)cc2)CC1. The maximum atomic E-state index is 13.0. The second-order valence-corrected chi connectivity index (χ2v) is 8.58. The van der Waals surface area contributed by atoms with Crippen molar-refractivity contribution in [1.29, 1.82) is 0 Å². The molecule has 0 radical (unpaired) electrons. The number of anilines is 1. The molecule has 1 saturated heterocycles. The quantitative estimate of drug-likeness (QED) is 0.872. The summed E-state index contributed by atoms with van der Waals surface area (Å²) in [5, 5.41) is 10.4. The van der Waals surface area contributed by atoms with E-state index in [0.717, 1.165) is 51.9 Å². The Morgan fingerprint density at radius 3 is 2.50 bits per heavy atom. The van der Waals surface area contributed by atoms with E-state index in [4.69, 9.17) is 0 Å². The summed E-state index contributed by atoms with van der Waals surface area (Å²) in [6.45, 7) is 4.41. The molecule has 2 aliphatic heterocycles. The predicted molar refractivity (Wildman–Crippen MR) is 110 cm³/mol. The fourth-order valence-corrected chi connectivity index (χ4v) is 5.43. The minimum atomic E-state index is -0.252. The summed E-state index contributed by atoms with van der Waals surface area (Å²) in [6, 6.07) is 12.1. The molecule has 1 N–H and O–H groups in total. The van der Waals surface area contributed by atoms with E-state index in [-0.39, 0.29) is 11.9 Å². The van der Waals surface area contributed by atoms with Crippen LogP contribution in [0.4, 0.5) is 10.1 Å². The molecule has 1 fully saturated rings. The Kier molecular flexibility index (Phi) is 4.85. The van der Waals surface area contributed by atoms with Gasteiger partial charge in [0.1, 0.15) is 5.82 Å². The lowest BCUT2D eigenvalue weighted by Crippen LogP contribution is -2.45. The van der Waals surface area contributed by atoms with E-state index in [1.165, 1.54) is 40.8 Å². The number of nitrogens with zero attached hydrogens (tertiary/aromatic N) is 2. The molecule has 1 atom stereocenters. The van der Waals surface area contributed by atoms with Crippen LogP contribution < -0.4 is 4.90 Å². The van der Waals surface area contributed by atoms with Gasteiger partial charge in [-0.1, -0.05) is 18.2 Å². The first kappa shape index (κ1) is 18.1. The van der Waals surface area contributed by atoms with Gasteiger partial charge in [-0.25, -0.2) is 4.39 Å². The van der Waals surface area contributed by atoms with E-state index in [1.54, 1.807) is 12.1 Å². The lowest BCUT2D eigenvalue weighted by molar-refractivity contribution is 0.179. The van der Waals surface area contributed by atoms with Gasteiger partial charge in [0.05, 0.1) is 6.10 Å². The highest BCUT2D eigenvalue weighted by Crippen LogP contribution is 2.42. The van der Waals surface area contributed by atoms with E-state index in [0.29, 0.717) is 6.04 Å². The molecule has 2 aromatic rings. The van der Waals surface area contributed by atoms with Crippen LogP contribution in [0, 0.1) is 5.82 Å². The van der Waals surface area contributed by atoms with Crippen molar-refractivity contribution in [2.75, 3.05) is 31.1 Å². The molecular weight excluding hydrogens is 351 g/mol. The molecule has 1 aliphatic carbocycles. The van der Waals surface area contributed by atoms with Crippen LogP contribution in [0.2, 0.25) is 0 Å². The van der Waals surface area contributed by atoms with Crippen LogP contribution >= 0.6 is 0 Å². The largest absolute Gasteiger partial charge is 0.388 e. The van der Waals surface area contributed by atoms with Crippen molar-refractivity contribution >= 4 is 5.69 Å². The van der Waals surface area contributed by atoms with Crippen LogP contribution in [0.5, 0.6) is 0 Å². The Bertz CT molecular complexity index is 842. The molecule has 0 bridgehead atoms. The first-order valence-electron chi connectivity index (χ1n) is 10.8. The van der Waals surface area contributed by atoms with Crippen molar-refractivity contribution in [3.8, 4) is 0 Å². The summed E-state index contributed by atoms with van der Waals surface area (Å²) < 4.78 is 13.0. The van der Waals surface area contributed by atoms with Crippen LogP contribution in [-0.4, -0.2) is 42.2 Å². The number of likely N-dealkylation sites (tertiary alicyclic amines) is 1. The van der Waals surface area contributed by atoms with E-state index in [2.05, 4.69) is 21.9 Å². The zero-order valence-electron chi connectivity index (χ0n) is 16.4. The Morgan fingerprint density at radius 2 is 1.71 bits per heavy atom. The first-order chi connectivity index (χ1) is 13.7.